The number of phenolic OH excluding ortho intramolecular Hbond substituents is 1. The number of rotatable bonds is 0. The number of nitrogens with two attached hydrogens (primary N) is 1. The number of ether oxygens (including phenoxy) is 1. The molecule has 2 aliphatic rings. The number of aromatic hydroxyl groups is 1. The number of carbonyl (C=O) groups is 1. The molecule has 1 heterocycles. The average Bonchev–Trinajstić information content (AvgIpc) is 2.68. The van der Waals surface area contributed by atoms with Gasteiger partial charge in [0.05, 0.1) is 6.42 Å². The molecule has 0 spiro atoms. The number of phenols is 1. The summed E-state index contributed by atoms with van der Waals surface area (Å²) < 4.78 is 5.12. The molecule has 3 rings (SSSR count). The van der Waals surface area contributed by atoms with E-state index in [-0.39, 0.29) is 24.2 Å². The third-order valence-corrected chi connectivity index (χ3v) is 3.04. The zero-order chi connectivity index (χ0) is 10.6. The van der Waals surface area contributed by atoms with Crippen LogP contribution in [0.15, 0.2) is 6.07 Å². The molecule has 4 heteroatoms. The highest BCUT2D eigenvalue weighted by Crippen LogP contribution is 2.42. The van der Waals surface area contributed by atoms with Crippen LogP contribution in [0.25, 0.3) is 0 Å². The van der Waals surface area contributed by atoms with Gasteiger partial charge in [-0.15, -0.1) is 0 Å². The lowest BCUT2D eigenvalue weighted by Crippen LogP contribution is -2.19. The summed E-state index contributed by atoms with van der Waals surface area (Å²) in [7, 11) is 0. The first kappa shape index (κ1) is 8.73. The molecule has 1 aliphatic heterocycles. The number of hydrogen-bond donors (Lipinski definition) is 2. The van der Waals surface area contributed by atoms with E-state index in [1.807, 2.05) is 0 Å². The third kappa shape index (κ3) is 1.15. The molecule has 0 radical (unpaired) electrons. The van der Waals surface area contributed by atoms with Crippen molar-refractivity contribution in [2.45, 2.75) is 25.3 Å². The summed E-state index contributed by atoms with van der Waals surface area (Å²) in [6.45, 7) is 0. The van der Waals surface area contributed by atoms with Crippen molar-refractivity contribution in [2.24, 2.45) is 5.73 Å². The van der Waals surface area contributed by atoms with Gasteiger partial charge in [0, 0.05) is 17.2 Å². The van der Waals surface area contributed by atoms with E-state index in [1.54, 1.807) is 6.07 Å². The summed E-state index contributed by atoms with van der Waals surface area (Å²) in [6.07, 6.45) is 1.64. The van der Waals surface area contributed by atoms with Gasteiger partial charge in [-0.05, 0) is 24.5 Å². The van der Waals surface area contributed by atoms with Gasteiger partial charge in [0.2, 0.25) is 0 Å². The van der Waals surface area contributed by atoms with E-state index in [4.69, 9.17) is 10.5 Å². The van der Waals surface area contributed by atoms with Gasteiger partial charge < -0.3 is 15.6 Å². The molecule has 15 heavy (non-hydrogen) atoms. The molecule has 1 atom stereocenters. The zero-order valence-electron chi connectivity index (χ0n) is 8.12. The molecule has 3 N–H and O–H groups in total. The smallest absolute Gasteiger partial charge is 0.315 e. The zero-order valence-corrected chi connectivity index (χ0v) is 8.12. The summed E-state index contributed by atoms with van der Waals surface area (Å²) in [4.78, 5) is 11.2. The topological polar surface area (TPSA) is 72.6 Å². The maximum atomic E-state index is 11.2. The Hall–Kier alpha value is -1.55. The summed E-state index contributed by atoms with van der Waals surface area (Å²) in [6, 6.07) is 1.79. The van der Waals surface area contributed by atoms with Crippen LogP contribution in [0.2, 0.25) is 0 Å². The lowest BCUT2D eigenvalue weighted by Gasteiger charge is -2.06. The fourth-order valence-electron chi connectivity index (χ4n) is 2.39. The Morgan fingerprint density at radius 2 is 2.20 bits per heavy atom. The van der Waals surface area contributed by atoms with Crippen LogP contribution < -0.4 is 10.5 Å². The highest BCUT2D eigenvalue weighted by atomic mass is 16.5. The van der Waals surface area contributed by atoms with E-state index < -0.39 is 0 Å². The predicted octanol–water partition coefficient (Wildman–Crippen LogP) is 0.280. The number of esters is 1. The fraction of sp³-hybridized carbons (Fsp3) is 0.364. The molecule has 0 amide bonds. The summed E-state index contributed by atoms with van der Waals surface area (Å²) in [5.74, 6) is 0.417. The van der Waals surface area contributed by atoms with Crippen molar-refractivity contribution in [3.8, 4) is 11.5 Å². The van der Waals surface area contributed by atoms with Crippen LogP contribution in [-0.4, -0.2) is 17.1 Å². The van der Waals surface area contributed by atoms with E-state index >= 15 is 0 Å². The number of carbonyl (C=O) groups excluding carboxylic acids is 1. The predicted molar refractivity (Wildman–Crippen MR) is 52.8 cm³/mol. The maximum Gasteiger partial charge on any atom is 0.315 e. The quantitative estimate of drug-likeness (QED) is 0.471. The summed E-state index contributed by atoms with van der Waals surface area (Å²) >= 11 is 0. The van der Waals surface area contributed by atoms with Gasteiger partial charge >= 0.3 is 5.97 Å². The van der Waals surface area contributed by atoms with Crippen molar-refractivity contribution in [3.05, 3.63) is 22.8 Å². The van der Waals surface area contributed by atoms with Crippen molar-refractivity contribution in [1.82, 2.24) is 0 Å². The molecule has 4 nitrogen and oxygen atoms in total. The fourth-order valence-corrected chi connectivity index (χ4v) is 2.39. The first-order valence-corrected chi connectivity index (χ1v) is 4.98. The highest BCUT2D eigenvalue weighted by molar-refractivity contribution is 5.84. The Bertz CT molecular complexity index is 467. The Morgan fingerprint density at radius 3 is 3.00 bits per heavy atom. The Labute approximate surface area is 86.7 Å². The molecule has 1 unspecified atom stereocenters. The monoisotopic (exact) mass is 205 g/mol. The Kier molecular flexibility index (Phi) is 1.59. The third-order valence-electron chi connectivity index (χ3n) is 3.04. The molecule has 0 aromatic heterocycles. The van der Waals surface area contributed by atoms with Crippen molar-refractivity contribution in [3.63, 3.8) is 0 Å². The maximum absolute atomic E-state index is 11.2. The van der Waals surface area contributed by atoms with Crippen LogP contribution in [0.4, 0.5) is 0 Å². The van der Waals surface area contributed by atoms with E-state index in [2.05, 4.69) is 0 Å². The molecule has 1 aromatic rings. The standard InChI is InChI=1S/C11H11NO3/c12-6-1-5-2-9(13)8-4-10(14)15-11(8)7(5)3-6/h2,6,13H,1,3-4,12H2. The van der Waals surface area contributed by atoms with Gasteiger partial charge in [0.15, 0.2) is 0 Å². The van der Waals surface area contributed by atoms with Gasteiger partial charge in [-0.3, -0.25) is 4.79 Å². The van der Waals surface area contributed by atoms with Crippen molar-refractivity contribution >= 4 is 5.97 Å². The molecule has 0 fully saturated rings. The van der Waals surface area contributed by atoms with Gasteiger partial charge in [-0.1, -0.05) is 0 Å². The Balaban J connectivity index is 2.21. The van der Waals surface area contributed by atoms with Crippen LogP contribution in [0.3, 0.4) is 0 Å². The number of hydrogen-bond acceptors (Lipinski definition) is 4. The lowest BCUT2D eigenvalue weighted by molar-refractivity contribution is -0.131. The number of benzene rings is 1. The van der Waals surface area contributed by atoms with E-state index in [9.17, 15) is 9.90 Å². The minimum Gasteiger partial charge on any atom is -0.508 e. The SMILES string of the molecule is NC1Cc2cc(O)c3c(c2C1)OC(=O)C3. The minimum absolute atomic E-state index is 0.0743. The molecule has 78 valence electrons. The van der Waals surface area contributed by atoms with E-state index in [0.29, 0.717) is 11.3 Å². The van der Waals surface area contributed by atoms with Crippen molar-refractivity contribution < 1.29 is 14.6 Å². The van der Waals surface area contributed by atoms with Crippen molar-refractivity contribution in [1.29, 1.82) is 0 Å². The Morgan fingerprint density at radius 1 is 1.40 bits per heavy atom. The average molecular weight is 205 g/mol. The first-order valence-electron chi connectivity index (χ1n) is 4.98. The van der Waals surface area contributed by atoms with Crippen LogP contribution >= 0.6 is 0 Å². The van der Waals surface area contributed by atoms with Gasteiger partial charge in [0.25, 0.3) is 0 Å². The minimum atomic E-state index is -0.297. The van der Waals surface area contributed by atoms with Gasteiger partial charge in [0.1, 0.15) is 11.5 Å². The second kappa shape index (κ2) is 2.73. The molecular weight excluding hydrogens is 194 g/mol. The molecule has 0 saturated carbocycles. The number of fused-ring (bicyclic) bond motifs is 3. The normalized spacial score (nSPS) is 22.5. The van der Waals surface area contributed by atoms with Crippen molar-refractivity contribution in [2.75, 3.05) is 0 Å². The summed E-state index contributed by atoms with van der Waals surface area (Å²) in [5, 5.41) is 9.73. The van der Waals surface area contributed by atoms with Crippen LogP contribution in [0.5, 0.6) is 11.5 Å². The molecule has 1 aliphatic carbocycles. The summed E-state index contributed by atoms with van der Waals surface area (Å²) in [5.41, 5.74) is 8.47. The molecule has 0 saturated heterocycles. The van der Waals surface area contributed by atoms with Gasteiger partial charge in [-0.25, -0.2) is 0 Å². The second-order valence-corrected chi connectivity index (χ2v) is 4.16. The van der Waals surface area contributed by atoms with Gasteiger partial charge in [-0.2, -0.15) is 0 Å². The highest BCUT2D eigenvalue weighted by Gasteiger charge is 2.32. The largest absolute Gasteiger partial charge is 0.508 e. The van der Waals surface area contributed by atoms with Crippen LogP contribution in [0, 0.1) is 0 Å². The second-order valence-electron chi connectivity index (χ2n) is 4.16. The molecule has 0 bridgehead atoms. The van der Waals surface area contributed by atoms with E-state index in [1.165, 1.54) is 0 Å². The first-order chi connectivity index (χ1) is 7.15. The van der Waals surface area contributed by atoms with Crippen LogP contribution in [-0.2, 0) is 24.1 Å². The van der Waals surface area contributed by atoms with Crippen LogP contribution in [0.1, 0.15) is 16.7 Å². The molecular formula is C11H11NO3. The van der Waals surface area contributed by atoms with E-state index in [0.717, 1.165) is 24.0 Å². The molecule has 1 aromatic carbocycles. The lowest BCUT2D eigenvalue weighted by atomic mass is 10.0.